The maximum absolute atomic E-state index is 6.42. The summed E-state index contributed by atoms with van der Waals surface area (Å²) in [6.07, 6.45) is 8.87. The highest BCUT2D eigenvalue weighted by Crippen LogP contribution is 2.30. The molecule has 5 rings (SSSR count). The number of nitrogens with zero attached hydrogens (tertiary/aromatic N) is 1. The first kappa shape index (κ1) is 19.4. The molecule has 0 spiro atoms. The summed E-state index contributed by atoms with van der Waals surface area (Å²) >= 11 is 6.42. The molecular weight excluding hydrogens is 366 g/mol. The number of fused-ring (bicyclic) bond motifs is 1. The standard InChI is InChI=1S/C16H23ClN2.C8H7N/c17-16-12-19(14-9-5-2-6-10-14)11-15(18-16)13-7-3-1-4-8-13;1-2-4-8-7(3-1)5-6-9-8/h2,5-6,9-10,13,15-16,18H,1,3-4,7-8,11-12H2;1-6,9H. The van der Waals surface area contributed by atoms with E-state index >= 15 is 0 Å². The van der Waals surface area contributed by atoms with Crippen LogP contribution in [0, 0.1) is 5.92 Å². The van der Waals surface area contributed by atoms with E-state index in [1.807, 2.05) is 18.3 Å². The van der Waals surface area contributed by atoms with Gasteiger partial charge in [-0.3, -0.25) is 5.32 Å². The van der Waals surface area contributed by atoms with Gasteiger partial charge in [-0.2, -0.15) is 0 Å². The van der Waals surface area contributed by atoms with E-state index in [9.17, 15) is 0 Å². The van der Waals surface area contributed by atoms with Crippen LogP contribution in [0.5, 0.6) is 0 Å². The zero-order chi connectivity index (χ0) is 19.2. The zero-order valence-electron chi connectivity index (χ0n) is 16.4. The van der Waals surface area contributed by atoms with E-state index < -0.39 is 0 Å². The van der Waals surface area contributed by atoms with Crippen molar-refractivity contribution in [2.24, 2.45) is 5.92 Å². The molecule has 2 N–H and O–H groups in total. The number of anilines is 1. The van der Waals surface area contributed by atoms with Crippen LogP contribution in [0.1, 0.15) is 32.1 Å². The number of rotatable bonds is 2. The molecule has 2 aliphatic rings. The lowest BCUT2D eigenvalue weighted by molar-refractivity contribution is 0.250. The molecule has 2 aromatic carbocycles. The van der Waals surface area contributed by atoms with Gasteiger partial charge < -0.3 is 9.88 Å². The van der Waals surface area contributed by atoms with Crippen LogP contribution >= 0.6 is 11.6 Å². The van der Waals surface area contributed by atoms with Crippen LogP contribution in [-0.2, 0) is 0 Å². The number of halogens is 1. The van der Waals surface area contributed by atoms with Crippen LogP contribution in [0.2, 0.25) is 0 Å². The van der Waals surface area contributed by atoms with Crippen LogP contribution in [0.3, 0.4) is 0 Å². The third-order valence-electron chi connectivity index (χ3n) is 6.00. The number of nitrogens with one attached hydrogen (secondary N) is 2. The van der Waals surface area contributed by atoms with Crippen molar-refractivity contribution < 1.29 is 0 Å². The molecule has 28 heavy (non-hydrogen) atoms. The van der Waals surface area contributed by atoms with Crippen LogP contribution in [0.4, 0.5) is 5.69 Å². The van der Waals surface area contributed by atoms with Crippen molar-refractivity contribution in [3.8, 4) is 0 Å². The minimum atomic E-state index is 0.0703. The van der Waals surface area contributed by atoms with Gasteiger partial charge in [-0.1, -0.05) is 55.7 Å². The number of aromatic nitrogens is 1. The number of aromatic amines is 1. The van der Waals surface area contributed by atoms with Crippen molar-refractivity contribution >= 4 is 28.2 Å². The molecule has 1 aliphatic carbocycles. The number of hydrogen-bond donors (Lipinski definition) is 2. The van der Waals surface area contributed by atoms with Gasteiger partial charge in [-0.05, 0) is 48.4 Å². The molecule has 0 bridgehead atoms. The van der Waals surface area contributed by atoms with Crippen molar-refractivity contribution in [1.82, 2.24) is 10.3 Å². The van der Waals surface area contributed by atoms with Gasteiger partial charge in [0.2, 0.25) is 0 Å². The Morgan fingerprint density at radius 3 is 2.36 bits per heavy atom. The van der Waals surface area contributed by atoms with Gasteiger partial charge in [0, 0.05) is 36.5 Å². The lowest BCUT2D eigenvalue weighted by atomic mass is 9.83. The first-order valence-corrected chi connectivity index (χ1v) is 11.0. The summed E-state index contributed by atoms with van der Waals surface area (Å²) in [6.45, 7) is 1.99. The smallest absolute Gasteiger partial charge is 0.101 e. The van der Waals surface area contributed by atoms with Crippen molar-refractivity contribution in [3.63, 3.8) is 0 Å². The lowest BCUT2D eigenvalue weighted by Gasteiger charge is -2.42. The summed E-state index contributed by atoms with van der Waals surface area (Å²) in [5.74, 6) is 0.807. The highest BCUT2D eigenvalue weighted by Gasteiger charge is 2.31. The Morgan fingerprint density at radius 2 is 1.57 bits per heavy atom. The molecule has 2 unspecified atom stereocenters. The van der Waals surface area contributed by atoms with Crippen molar-refractivity contribution in [3.05, 3.63) is 66.9 Å². The average molecular weight is 396 g/mol. The minimum absolute atomic E-state index is 0.0703. The van der Waals surface area contributed by atoms with E-state index in [1.54, 1.807) is 0 Å². The molecule has 2 heterocycles. The highest BCUT2D eigenvalue weighted by molar-refractivity contribution is 6.20. The molecule has 1 saturated carbocycles. The van der Waals surface area contributed by atoms with Crippen LogP contribution in [0.25, 0.3) is 10.9 Å². The summed E-state index contributed by atoms with van der Waals surface area (Å²) < 4.78 is 0. The Morgan fingerprint density at radius 1 is 0.821 bits per heavy atom. The monoisotopic (exact) mass is 395 g/mol. The minimum Gasteiger partial charge on any atom is -0.367 e. The van der Waals surface area contributed by atoms with Gasteiger partial charge in [0.1, 0.15) is 5.50 Å². The molecular formula is C24H30ClN3. The molecule has 1 aliphatic heterocycles. The fourth-order valence-corrected chi connectivity index (χ4v) is 4.84. The molecule has 1 saturated heterocycles. The maximum Gasteiger partial charge on any atom is 0.101 e. The fraction of sp³-hybridized carbons (Fsp3) is 0.417. The molecule has 2 fully saturated rings. The molecule has 0 amide bonds. The lowest BCUT2D eigenvalue weighted by Crippen LogP contribution is -2.57. The molecule has 4 heteroatoms. The van der Waals surface area contributed by atoms with Gasteiger partial charge >= 0.3 is 0 Å². The van der Waals surface area contributed by atoms with E-state index in [0.717, 1.165) is 19.0 Å². The summed E-state index contributed by atoms with van der Waals surface area (Å²) in [6, 6.07) is 21.5. The van der Waals surface area contributed by atoms with Gasteiger partial charge in [-0.25, -0.2) is 0 Å². The molecule has 0 radical (unpaired) electrons. The second-order valence-corrected chi connectivity index (χ2v) is 8.47. The summed E-state index contributed by atoms with van der Waals surface area (Å²) in [5, 5.41) is 4.88. The Hall–Kier alpha value is -1.97. The van der Waals surface area contributed by atoms with Gasteiger partial charge in [0.25, 0.3) is 0 Å². The number of alkyl halides is 1. The molecule has 2 atom stereocenters. The Bertz CT molecular complexity index is 811. The van der Waals surface area contributed by atoms with E-state index in [2.05, 4.69) is 63.7 Å². The van der Waals surface area contributed by atoms with E-state index in [-0.39, 0.29) is 5.50 Å². The highest BCUT2D eigenvalue weighted by atomic mass is 35.5. The Labute approximate surface area is 173 Å². The topological polar surface area (TPSA) is 31.1 Å². The summed E-state index contributed by atoms with van der Waals surface area (Å²) in [7, 11) is 0. The number of hydrogen-bond acceptors (Lipinski definition) is 2. The zero-order valence-corrected chi connectivity index (χ0v) is 17.1. The van der Waals surface area contributed by atoms with Gasteiger partial charge in [-0.15, -0.1) is 11.6 Å². The SMILES string of the molecule is ClC1CN(c2ccccc2)CC(C2CCCCC2)N1.c1ccc2[nH]ccc2c1. The predicted octanol–water partition coefficient (Wildman–Crippen LogP) is 5.78. The molecule has 148 valence electrons. The quantitative estimate of drug-likeness (QED) is 0.425. The molecule has 3 aromatic rings. The van der Waals surface area contributed by atoms with Crippen molar-refractivity contribution in [1.29, 1.82) is 0 Å². The predicted molar refractivity (Wildman–Crippen MR) is 120 cm³/mol. The average Bonchev–Trinajstić information content (AvgIpc) is 3.24. The Balaban J connectivity index is 0.000000177. The largest absolute Gasteiger partial charge is 0.367 e. The fourth-order valence-electron chi connectivity index (χ4n) is 4.51. The maximum atomic E-state index is 6.42. The first-order valence-electron chi connectivity index (χ1n) is 10.5. The van der Waals surface area contributed by atoms with E-state index in [4.69, 9.17) is 11.6 Å². The van der Waals surface area contributed by atoms with E-state index in [0.29, 0.717) is 6.04 Å². The third kappa shape index (κ3) is 4.89. The number of H-pyrrole nitrogens is 1. The summed E-state index contributed by atoms with van der Waals surface area (Å²) in [5.41, 5.74) is 2.58. The van der Waals surface area contributed by atoms with Gasteiger partial charge in [0.05, 0.1) is 0 Å². The van der Waals surface area contributed by atoms with Crippen LogP contribution in [-0.4, -0.2) is 29.6 Å². The number of piperazine rings is 1. The normalized spacial score (nSPS) is 23.2. The second kappa shape index (κ2) is 9.49. The summed E-state index contributed by atoms with van der Waals surface area (Å²) in [4.78, 5) is 5.56. The first-order chi connectivity index (χ1) is 13.8. The van der Waals surface area contributed by atoms with Gasteiger partial charge in [0.15, 0.2) is 0 Å². The third-order valence-corrected chi connectivity index (χ3v) is 6.26. The number of benzene rings is 2. The second-order valence-electron chi connectivity index (χ2n) is 7.94. The Kier molecular flexibility index (Phi) is 6.56. The van der Waals surface area contributed by atoms with E-state index in [1.165, 1.54) is 48.7 Å². The molecule has 3 nitrogen and oxygen atoms in total. The van der Waals surface area contributed by atoms with Crippen LogP contribution in [0.15, 0.2) is 66.9 Å². The van der Waals surface area contributed by atoms with Crippen molar-refractivity contribution in [2.45, 2.75) is 43.6 Å². The number of para-hydroxylation sites is 2. The molecule has 1 aromatic heterocycles. The van der Waals surface area contributed by atoms with Crippen LogP contribution < -0.4 is 10.2 Å². The van der Waals surface area contributed by atoms with Crippen molar-refractivity contribution in [2.75, 3.05) is 18.0 Å².